The van der Waals surface area contributed by atoms with Crippen molar-refractivity contribution in [3.05, 3.63) is 24.5 Å². The Bertz CT molecular complexity index is 318. The molecule has 0 aliphatic carbocycles. The van der Waals surface area contributed by atoms with Crippen molar-refractivity contribution in [2.45, 2.75) is 13.0 Å². The molecule has 0 aliphatic rings. The van der Waals surface area contributed by atoms with Crippen LogP contribution in [0.2, 0.25) is 0 Å². The van der Waals surface area contributed by atoms with Gasteiger partial charge in [0.05, 0.1) is 11.9 Å². The number of carbonyl (C=O) groups excluding carboxylic acids is 1. The fourth-order valence-electron chi connectivity index (χ4n) is 0.815. The summed E-state index contributed by atoms with van der Waals surface area (Å²) < 4.78 is 0. The lowest BCUT2D eigenvalue weighted by molar-refractivity contribution is 0.0943. The maximum Gasteiger partial charge on any atom is 0.271 e. The minimum Gasteiger partial charge on any atom is -0.396 e. The summed E-state index contributed by atoms with van der Waals surface area (Å²) in [4.78, 5) is 11.4. The molecule has 4 N–H and O–H groups in total. The molecule has 0 saturated carbocycles. The first-order chi connectivity index (χ1) is 6.15. The molecule has 0 aliphatic heterocycles. The van der Waals surface area contributed by atoms with Gasteiger partial charge in [0.25, 0.3) is 5.91 Å². The van der Waals surface area contributed by atoms with Gasteiger partial charge < -0.3 is 11.1 Å². The van der Waals surface area contributed by atoms with Gasteiger partial charge in [0.2, 0.25) is 0 Å². The van der Waals surface area contributed by atoms with Crippen LogP contribution in [-0.4, -0.2) is 22.1 Å². The highest BCUT2D eigenvalue weighted by molar-refractivity contribution is 5.97. The summed E-state index contributed by atoms with van der Waals surface area (Å²) in [5.41, 5.74) is 6.11. The van der Waals surface area contributed by atoms with E-state index < -0.39 is 0 Å². The Balaban J connectivity index is 2.69. The third kappa shape index (κ3) is 2.08. The van der Waals surface area contributed by atoms with Gasteiger partial charge in [-0.1, -0.05) is 6.08 Å². The molecular weight excluding hydrogens is 168 g/mol. The Morgan fingerprint density at radius 2 is 2.62 bits per heavy atom. The zero-order valence-corrected chi connectivity index (χ0v) is 7.37. The van der Waals surface area contributed by atoms with Crippen molar-refractivity contribution < 1.29 is 4.79 Å². The Labute approximate surface area is 76.0 Å². The average molecular weight is 180 g/mol. The highest BCUT2D eigenvalue weighted by atomic mass is 16.2. The van der Waals surface area contributed by atoms with Crippen LogP contribution < -0.4 is 11.1 Å². The standard InChI is InChI=1S/C8H12N4O/c1-3-5(2)11-8(13)7-6(9)4-10-12-7/h3-5H,1,9H2,2H3,(H,10,12)(H,11,13). The lowest BCUT2D eigenvalue weighted by atomic mass is 10.3. The molecule has 0 bridgehead atoms. The van der Waals surface area contributed by atoms with Gasteiger partial charge in [-0.3, -0.25) is 9.89 Å². The highest BCUT2D eigenvalue weighted by Gasteiger charge is 2.12. The van der Waals surface area contributed by atoms with Crippen molar-refractivity contribution in [1.82, 2.24) is 15.5 Å². The summed E-state index contributed by atoms with van der Waals surface area (Å²) in [6, 6.07) is -0.0878. The molecule has 1 aromatic heterocycles. The van der Waals surface area contributed by atoms with Gasteiger partial charge in [0.1, 0.15) is 5.69 Å². The molecule has 5 heteroatoms. The quantitative estimate of drug-likeness (QED) is 0.585. The summed E-state index contributed by atoms with van der Waals surface area (Å²) in [6.07, 6.45) is 3.03. The van der Waals surface area contributed by atoms with E-state index in [9.17, 15) is 4.79 Å². The van der Waals surface area contributed by atoms with E-state index in [0.717, 1.165) is 0 Å². The predicted molar refractivity (Wildman–Crippen MR) is 50.1 cm³/mol. The van der Waals surface area contributed by atoms with E-state index in [1.165, 1.54) is 6.20 Å². The maximum absolute atomic E-state index is 11.4. The molecule has 1 amide bonds. The molecular formula is C8H12N4O. The largest absolute Gasteiger partial charge is 0.396 e. The van der Waals surface area contributed by atoms with E-state index >= 15 is 0 Å². The zero-order chi connectivity index (χ0) is 9.84. The number of hydrogen-bond donors (Lipinski definition) is 3. The van der Waals surface area contributed by atoms with Crippen LogP contribution in [-0.2, 0) is 0 Å². The van der Waals surface area contributed by atoms with Gasteiger partial charge in [-0.25, -0.2) is 0 Å². The van der Waals surface area contributed by atoms with E-state index in [1.54, 1.807) is 6.08 Å². The van der Waals surface area contributed by atoms with E-state index in [4.69, 9.17) is 5.73 Å². The fraction of sp³-hybridized carbons (Fsp3) is 0.250. The van der Waals surface area contributed by atoms with E-state index in [-0.39, 0.29) is 17.6 Å². The summed E-state index contributed by atoms with van der Waals surface area (Å²) in [5.74, 6) is -0.276. The van der Waals surface area contributed by atoms with Crippen LogP contribution in [0.3, 0.4) is 0 Å². The van der Waals surface area contributed by atoms with Crippen LogP contribution in [0.15, 0.2) is 18.9 Å². The van der Waals surface area contributed by atoms with Crippen LogP contribution >= 0.6 is 0 Å². The Morgan fingerprint density at radius 3 is 3.08 bits per heavy atom. The first kappa shape index (κ1) is 9.31. The van der Waals surface area contributed by atoms with Crippen molar-refractivity contribution in [2.75, 3.05) is 5.73 Å². The van der Waals surface area contributed by atoms with Crippen molar-refractivity contribution in [3.8, 4) is 0 Å². The van der Waals surface area contributed by atoms with E-state index in [1.807, 2.05) is 6.92 Å². The lowest BCUT2D eigenvalue weighted by Crippen LogP contribution is -2.31. The fourth-order valence-corrected chi connectivity index (χ4v) is 0.815. The Kier molecular flexibility index (Phi) is 2.69. The van der Waals surface area contributed by atoms with Crippen molar-refractivity contribution >= 4 is 11.6 Å². The lowest BCUT2D eigenvalue weighted by Gasteiger charge is -2.07. The van der Waals surface area contributed by atoms with E-state index in [2.05, 4.69) is 22.1 Å². The molecule has 1 aromatic rings. The minimum atomic E-state index is -0.276. The highest BCUT2D eigenvalue weighted by Crippen LogP contribution is 2.05. The number of H-pyrrole nitrogens is 1. The molecule has 0 fully saturated rings. The molecule has 1 heterocycles. The van der Waals surface area contributed by atoms with Gasteiger partial charge >= 0.3 is 0 Å². The number of anilines is 1. The van der Waals surface area contributed by atoms with Gasteiger partial charge in [-0.05, 0) is 6.92 Å². The van der Waals surface area contributed by atoms with E-state index in [0.29, 0.717) is 5.69 Å². The summed E-state index contributed by atoms with van der Waals surface area (Å²) in [6.45, 7) is 5.36. The zero-order valence-electron chi connectivity index (χ0n) is 7.37. The number of hydrogen-bond acceptors (Lipinski definition) is 3. The minimum absolute atomic E-state index is 0.0878. The first-order valence-electron chi connectivity index (χ1n) is 3.87. The number of nitrogens with two attached hydrogens (primary N) is 1. The monoisotopic (exact) mass is 180 g/mol. The molecule has 1 unspecified atom stereocenters. The van der Waals surface area contributed by atoms with Gasteiger partial charge in [-0.15, -0.1) is 6.58 Å². The van der Waals surface area contributed by atoms with Crippen LogP contribution in [0.1, 0.15) is 17.4 Å². The number of nitrogens with zero attached hydrogens (tertiary/aromatic N) is 1. The normalized spacial score (nSPS) is 12.1. The summed E-state index contributed by atoms with van der Waals surface area (Å²) in [5, 5.41) is 8.82. The molecule has 0 saturated heterocycles. The number of nitrogen functional groups attached to an aromatic ring is 1. The number of aromatic amines is 1. The number of aromatic nitrogens is 2. The smallest absolute Gasteiger partial charge is 0.271 e. The average Bonchev–Trinajstić information content (AvgIpc) is 2.51. The second-order valence-electron chi connectivity index (χ2n) is 2.70. The molecule has 0 spiro atoms. The van der Waals surface area contributed by atoms with Gasteiger partial charge in [0, 0.05) is 6.04 Å². The molecule has 1 atom stereocenters. The summed E-state index contributed by atoms with van der Waals surface area (Å²) >= 11 is 0. The SMILES string of the molecule is C=CC(C)NC(=O)c1[nH]ncc1N. The third-order valence-corrected chi connectivity index (χ3v) is 1.61. The van der Waals surface area contributed by atoms with Crippen molar-refractivity contribution in [3.63, 3.8) is 0 Å². The number of amides is 1. The molecule has 0 radical (unpaired) electrons. The van der Waals surface area contributed by atoms with Crippen molar-refractivity contribution in [2.24, 2.45) is 0 Å². The second-order valence-corrected chi connectivity index (χ2v) is 2.70. The predicted octanol–water partition coefficient (Wildman–Crippen LogP) is 0.296. The van der Waals surface area contributed by atoms with Gasteiger partial charge in [-0.2, -0.15) is 5.10 Å². The van der Waals surface area contributed by atoms with Gasteiger partial charge in [0.15, 0.2) is 0 Å². The number of rotatable bonds is 3. The first-order valence-corrected chi connectivity index (χ1v) is 3.87. The molecule has 13 heavy (non-hydrogen) atoms. The topological polar surface area (TPSA) is 83.8 Å². The van der Waals surface area contributed by atoms with Crippen LogP contribution in [0.5, 0.6) is 0 Å². The van der Waals surface area contributed by atoms with Crippen LogP contribution in [0.25, 0.3) is 0 Å². The second kappa shape index (κ2) is 3.75. The van der Waals surface area contributed by atoms with Crippen LogP contribution in [0.4, 0.5) is 5.69 Å². The molecule has 1 rings (SSSR count). The number of carbonyl (C=O) groups is 1. The Hall–Kier alpha value is -1.78. The van der Waals surface area contributed by atoms with Crippen LogP contribution in [0, 0.1) is 0 Å². The Morgan fingerprint density at radius 1 is 1.92 bits per heavy atom. The maximum atomic E-state index is 11.4. The molecule has 0 aromatic carbocycles. The molecule has 5 nitrogen and oxygen atoms in total. The third-order valence-electron chi connectivity index (χ3n) is 1.61. The molecule has 70 valence electrons. The summed E-state index contributed by atoms with van der Waals surface area (Å²) in [7, 11) is 0. The van der Waals surface area contributed by atoms with Crippen molar-refractivity contribution in [1.29, 1.82) is 0 Å². The number of nitrogens with one attached hydrogen (secondary N) is 2.